The van der Waals surface area contributed by atoms with Crippen molar-refractivity contribution in [2.45, 2.75) is 20.1 Å². The molecule has 0 bridgehead atoms. The van der Waals surface area contributed by atoms with Crippen LogP contribution >= 0.6 is 0 Å². The SMILES string of the molecule is Cc1nn(-c2ccccn2)cc1COc1ccc(CO)cc1. The number of hydrogen-bond acceptors (Lipinski definition) is 4. The van der Waals surface area contributed by atoms with Crippen molar-refractivity contribution in [1.29, 1.82) is 0 Å². The average molecular weight is 295 g/mol. The molecule has 22 heavy (non-hydrogen) atoms. The molecule has 0 radical (unpaired) electrons. The van der Waals surface area contributed by atoms with Crippen LogP contribution in [0.2, 0.25) is 0 Å². The number of nitrogens with zero attached hydrogens (tertiary/aromatic N) is 3. The third kappa shape index (κ3) is 3.15. The van der Waals surface area contributed by atoms with E-state index in [2.05, 4.69) is 10.1 Å². The van der Waals surface area contributed by atoms with E-state index < -0.39 is 0 Å². The van der Waals surface area contributed by atoms with Crippen molar-refractivity contribution in [3.8, 4) is 11.6 Å². The van der Waals surface area contributed by atoms with Gasteiger partial charge in [-0.25, -0.2) is 9.67 Å². The molecule has 3 rings (SSSR count). The smallest absolute Gasteiger partial charge is 0.153 e. The summed E-state index contributed by atoms with van der Waals surface area (Å²) >= 11 is 0. The third-order valence-electron chi connectivity index (χ3n) is 3.38. The molecule has 0 spiro atoms. The number of rotatable bonds is 5. The molecule has 0 aliphatic rings. The van der Waals surface area contributed by atoms with Crippen LogP contribution in [0.25, 0.3) is 5.82 Å². The Labute approximate surface area is 128 Å². The van der Waals surface area contributed by atoms with Crippen LogP contribution in [0, 0.1) is 6.92 Å². The van der Waals surface area contributed by atoms with Gasteiger partial charge in [-0.05, 0) is 36.8 Å². The minimum absolute atomic E-state index is 0.0379. The van der Waals surface area contributed by atoms with Gasteiger partial charge in [0.15, 0.2) is 5.82 Å². The summed E-state index contributed by atoms with van der Waals surface area (Å²) in [7, 11) is 0. The van der Waals surface area contributed by atoms with Crippen LogP contribution in [-0.4, -0.2) is 19.9 Å². The quantitative estimate of drug-likeness (QED) is 0.786. The summed E-state index contributed by atoms with van der Waals surface area (Å²) < 4.78 is 7.52. The molecule has 2 heterocycles. The summed E-state index contributed by atoms with van der Waals surface area (Å²) in [4.78, 5) is 4.28. The largest absolute Gasteiger partial charge is 0.489 e. The van der Waals surface area contributed by atoms with Crippen LogP contribution in [0.3, 0.4) is 0 Å². The molecule has 112 valence electrons. The topological polar surface area (TPSA) is 60.2 Å². The van der Waals surface area contributed by atoms with Crippen molar-refractivity contribution in [1.82, 2.24) is 14.8 Å². The van der Waals surface area contributed by atoms with Gasteiger partial charge in [-0.2, -0.15) is 5.10 Å². The molecular formula is C17H17N3O2. The number of aliphatic hydroxyl groups excluding tert-OH is 1. The molecule has 0 amide bonds. The Morgan fingerprint density at radius 3 is 2.64 bits per heavy atom. The number of aryl methyl sites for hydroxylation is 1. The van der Waals surface area contributed by atoms with Gasteiger partial charge >= 0.3 is 0 Å². The first-order valence-electron chi connectivity index (χ1n) is 7.05. The van der Waals surface area contributed by atoms with Crippen molar-refractivity contribution >= 4 is 0 Å². The first-order valence-corrected chi connectivity index (χ1v) is 7.05. The van der Waals surface area contributed by atoms with E-state index >= 15 is 0 Å². The minimum Gasteiger partial charge on any atom is -0.489 e. The summed E-state index contributed by atoms with van der Waals surface area (Å²) in [5.74, 6) is 1.55. The molecule has 0 atom stereocenters. The van der Waals surface area contributed by atoms with Gasteiger partial charge in [0.05, 0.1) is 12.3 Å². The van der Waals surface area contributed by atoms with Gasteiger partial charge in [0.2, 0.25) is 0 Å². The summed E-state index contributed by atoms with van der Waals surface area (Å²) in [6.07, 6.45) is 3.67. The maximum Gasteiger partial charge on any atom is 0.153 e. The predicted octanol–water partition coefficient (Wildman–Crippen LogP) is 2.65. The first kappa shape index (κ1) is 14.3. The molecule has 1 aromatic carbocycles. The normalized spacial score (nSPS) is 10.6. The Kier molecular flexibility index (Phi) is 4.16. The summed E-state index contributed by atoms with van der Waals surface area (Å²) in [5.41, 5.74) is 2.79. The third-order valence-corrected chi connectivity index (χ3v) is 3.38. The van der Waals surface area contributed by atoms with Gasteiger partial charge in [0.1, 0.15) is 12.4 Å². The second-order valence-corrected chi connectivity index (χ2v) is 4.96. The number of aromatic nitrogens is 3. The molecule has 0 aliphatic heterocycles. The van der Waals surface area contributed by atoms with Crippen molar-refractivity contribution in [3.05, 3.63) is 71.7 Å². The minimum atomic E-state index is 0.0379. The fourth-order valence-corrected chi connectivity index (χ4v) is 2.10. The highest BCUT2D eigenvalue weighted by atomic mass is 16.5. The lowest BCUT2D eigenvalue weighted by Gasteiger charge is -2.05. The van der Waals surface area contributed by atoms with Crippen LogP contribution in [0.15, 0.2) is 54.9 Å². The maximum absolute atomic E-state index is 9.03. The Morgan fingerprint density at radius 2 is 1.95 bits per heavy atom. The lowest BCUT2D eigenvalue weighted by atomic mass is 10.2. The number of ether oxygens (including phenoxy) is 1. The number of hydrogen-bond donors (Lipinski definition) is 1. The molecule has 3 aromatic rings. The molecule has 5 heteroatoms. The Balaban J connectivity index is 1.71. The van der Waals surface area contributed by atoms with E-state index in [1.165, 1.54) is 0 Å². The molecule has 0 fully saturated rings. The molecule has 0 saturated carbocycles. The Hall–Kier alpha value is -2.66. The van der Waals surface area contributed by atoms with E-state index in [4.69, 9.17) is 9.84 Å². The maximum atomic E-state index is 9.03. The average Bonchev–Trinajstić information content (AvgIpc) is 2.95. The zero-order valence-corrected chi connectivity index (χ0v) is 12.3. The van der Waals surface area contributed by atoms with Crippen molar-refractivity contribution in [3.63, 3.8) is 0 Å². The summed E-state index contributed by atoms with van der Waals surface area (Å²) in [6.45, 7) is 2.43. The van der Waals surface area contributed by atoms with Crippen molar-refractivity contribution in [2.75, 3.05) is 0 Å². The monoisotopic (exact) mass is 295 g/mol. The summed E-state index contributed by atoms with van der Waals surface area (Å²) in [5, 5.41) is 13.5. The number of pyridine rings is 1. The molecule has 1 N–H and O–H groups in total. The van der Waals surface area contributed by atoms with Crippen LogP contribution < -0.4 is 4.74 Å². The van der Waals surface area contributed by atoms with E-state index in [0.29, 0.717) is 6.61 Å². The lowest BCUT2D eigenvalue weighted by Crippen LogP contribution is -1.97. The van der Waals surface area contributed by atoms with Crippen LogP contribution in [0.4, 0.5) is 0 Å². The molecular weight excluding hydrogens is 278 g/mol. The Morgan fingerprint density at radius 1 is 1.14 bits per heavy atom. The second-order valence-electron chi connectivity index (χ2n) is 4.96. The van der Waals surface area contributed by atoms with Crippen LogP contribution in [-0.2, 0) is 13.2 Å². The van der Waals surface area contributed by atoms with Gasteiger partial charge in [-0.3, -0.25) is 0 Å². The van der Waals surface area contributed by atoms with Crippen molar-refractivity contribution in [2.24, 2.45) is 0 Å². The zero-order chi connectivity index (χ0) is 15.4. The van der Waals surface area contributed by atoms with E-state index in [0.717, 1.165) is 28.4 Å². The fourth-order valence-electron chi connectivity index (χ4n) is 2.10. The van der Waals surface area contributed by atoms with Crippen LogP contribution in [0.1, 0.15) is 16.8 Å². The van der Waals surface area contributed by atoms with E-state index in [1.54, 1.807) is 10.9 Å². The highest BCUT2D eigenvalue weighted by Gasteiger charge is 2.07. The second kappa shape index (κ2) is 6.41. The molecule has 2 aromatic heterocycles. The predicted molar refractivity (Wildman–Crippen MR) is 82.8 cm³/mol. The number of benzene rings is 1. The molecule has 5 nitrogen and oxygen atoms in total. The number of aliphatic hydroxyl groups is 1. The molecule has 0 unspecified atom stereocenters. The van der Waals surface area contributed by atoms with Gasteiger partial charge in [-0.1, -0.05) is 18.2 Å². The van der Waals surface area contributed by atoms with E-state index in [1.807, 2.05) is 55.6 Å². The van der Waals surface area contributed by atoms with Crippen molar-refractivity contribution < 1.29 is 9.84 Å². The molecule has 0 saturated heterocycles. The first-order chi connectivity index (χ1) is 10.8. The standard InChI is InChI=1S/C17H17N3O2/c1-13-15(10-20(19-13)17-4-2-3-9-18-17)12-22-16-7-5-14(11-21)6-8-16/h2-10,21H,11-12H2,1H3. The highest BCUT2D eigenvalue weighted by molar-refractivity contribution is 5.28. The highest BCUT2D eigenvalue weighted by Crippen LogP contribution is 2.16. The van der Waals surface area contributed by atoms with E-state index in [9.17, 15) is 0 Å². The van der Waals surface area contributed by atoms with Gasteiger partial charge < -0.3 is 9.84 Å². The van der Waals surface area contributed by atoms with Gasteiger partial charge in [-0.15, -0.1) is 0 Å². The van der Waals surface area contributed by atoms with Gasteiger partial charge in [0.25, 0.3) is 0 Å². The van der Waals surface area contributed by atoms with E-state index in [-0.39, 0.29) is 6.61 Å². The van der Waals surface area contributed by atoms with Gasteiger partial charge in [0, 0.05) is 18.0 Å². The fraction of sp³-hybridized carbons (Fsp3) is 0.176. The zero-order valence-electron chi connectivity index (χ0n) is 12.3. The Bertz CT molecular complexity index is 736. The lowest BCUT2D eigenvalue weighted by molar-refractivity contribution is 0.280. The molecule has 0 aliphatic carbocycles. The summed E-state index contributed by atoms with van der Waals surface area (Å²) in [6, 6.07) is 13.1. The van der Waals surface area contributed by atoms with Crippen LogP contribution in [0.5, 0.6) is 5.75 Å².